The minimum absolute atomic E-state index is 0.0195. The fourth-order valence-corrected chi connectivity index (χ4v) is 6.45. The van der Waals surface area contributed by atoms with Gasteiger partial charge < -0.3 is 25.4 Å². The molecule has 11 heteroatoms. The van der Waals surface area contributed by atoms with Gasteiger partial charge in [-0.05, 0) is 72.9 Å². The van der Waals surface area contributed by atoms with Gasteiger partial charge in [-0.15, -0.1) is 0 Å². The summed E-state index contributed by atoms with van der Waals surface area (Å²) >= 11 is 0. The van der Waals surface area contributed by atoms with Gasteiger partial charge in [0, 0.05) is 38.6 Å². The second-order valence-electron chi connectivity index (χ2n) is 14.6. The van der Waals surface area contributed by atoms with E-state index in [1.165, 1.54) is 5.56 Å². The predicted molar refractivity (Wildman–Crippen MR) is 198 cm³/mol. The predicted octanol–water partition coefficient (Wildman–Crippen LogP) is 3.44. The van der Waals surface area contributed by atoms with E-state index in [1.807, 2.05) is 80.6 Å². The van der Waals surface area contributed by atoms with Crippen molar-refractivity contribution < 1.29 is 28.7 Å². The van der Waals surface area contributed by atoms with E-state index in [2.05, 4.69) is 25.8 Å². The molecule has 0 unspecified atom stereocenters. The number of morpholine rings is 1. The van der Waals surface area contributed by atoms with Crippen LogP contribution >= 0.6 is 0 Å². The molecule has 278 valence electrons. The van der Waals surface area contributed by atoms with E-state index in [0.29, 0.717) is 32.3 Å². The first kappa shape index (κ1) is 38.8. The summed E-state index contributed by atoms with van der Waals surface area (Å²) in [6.45, 7) is 10.2. The number of aryl methyl sites for hydroxylation is 1. The van der Waals surface area contributed by atoms with Gasteiger partial charge in [-0.25, -0.2) is 0 Å². The summed E-state index contributed by atoms with van der Waals surface area (Å²) in [7, 11) is 0. The van der Waals surface area contributed by atoms with E-state index in [1.54, 1.807) is 19.3 Å². The third-order valence-corrected chi connectivity index (χ3v) is 9.68. The van der Waals surface area contributed by atoms with Crippen LogP contribution in [0.2, 0.25) is 0 Å². The third kappa shape index (κ3) is 12.1. The van der Waals surface area contributed by atoms with Crippen molar-refractivity contribution in [3.63, 3.8) is 0 Å². The van der Waals surface area contributed by atoms with Gasteiger partial charge in [-0.1, -0.05) is 68.4 Å². The molecule has 2 aliphatic rings. The summed E-state index contributed by atoms with van der Waals surface area (Å²) in [6.07, 6.45) is 5.21. The van der Waals surface area contributed by atoms with Crippen LogP contribution < -0.4 is 16.0 Å². The molecule has 5 rings (SSSR count). The number of rotatable bonds is 19. The molecule has 3 amide bonds. The quantitative estimate of drug-likeness (QED) is 0.161. The van der Waals surface area contributed by atoms with Gasteiger partial charge >= 0.3 is 0 Å². The van der Waals surface area contributed by atoms with Gasteiger partial charge in [0.05, 0.1) is 38.2 Å². The fourth-order valence-electron chi connectivity index (χ4n) is 6.45. The van der Waals surface area contributed by atoms with Crippen LogP contribution in [0.15, 0.2) is 79.1 Å². The number of benzene rings is 2. The van der Waals surface area contributed by atoms with Gasteiger partial charge in [-0.2, -0.15) is 0 Å². The molecule has 2 aromatic carbocycles. The average Bonchev–Trinajstić information content (AvgIpc) is 3.91. The van der Waals surface area contributed by atoms with Gasteiger partial charge in [-0.3, -0.25) is 29.1 Å². The van der Waals surface area contributed by atoms with E-state index in [0.717, 1.165) is 49.5 Å². The Bertz CT molecular complexity index is 1610. The van der Waals surface area contributed by atoms with Crippen LogP contribution in [-0.4, -0.2) is 90.5 Å². The molecule has 3 aromatic rings. The number of ketones is 1. The lowest BCUT2D eigenvalue weighted by molar-refractivity contribution is -0.133. The number of ether oxygens (including phenoxy) is 2. The van der Waals surface area contributed by atoms with E-state index < -0.39 is 23.6 Å². The smallest absolute Gasteiger partial charge is 0.242 e. The highest BCUT2D eigenvalue weighted by Gasteiger charge is 2.50. The Morgan fingerprint density at radius 2 is 1.50 bits per heavy atom. The fraction of sp³-hybridized carbons (Fsp3) is 0.488. The summed E-state index contributed by atoms with van der Waals surface area (Å²) in [5, 5.41) is 8.93. The van der Waals surface area contributed by atoms with Crippen LogP contribution in [-0.2, 0) is 54.5 Å². The zero-order valence-corrected chi connectivity index (χ0v) is 30.6. The maximum absolute atomic E-state index is 13.9. The largest absolute Gasteiger partial charge is 0.379 e. The number of carbonyl (C=O) groups is 4. The number of aromatic nitrogens is 1. The second kappa shape index (κ2) is 18.9. The Morgan fingerprint density at radius 3 is 2.15 bits per heavy atom. The summed E-state index contributed by atoms with van der Waals surface area (Å²) < 4.78 is 10.9. The molecule has 0 bridgehead atoms. The molecule has 11 nitrogen and oxygen atoms in total. The number of carbonyl (C=O) groups excluding carboxylic acids is 4. The number of amides is 3. The zero-order valence-electron chi connectivity index (χ0n) is 30.6. The molecule has 0 saturated carbocycles. The van der Waals surface area contributed by atoms with E-state index in [9.17, 15) is 19.2 Å². The standard InChI is InChI=1S/C41H53N5O6/c1-29(2)23-36(38(48)41(3)28-52-41)45-39(49)34(24-32-15-17-42-18-16-32)26-43-40(50)35(14-13-30-7-5-4-6-8-30)44-37(47)25-31-9-11-33(12-10-31)27-46-19-21-51-22-20-46/h4-12,15-18,29,34-36H,13-14,19-28H2,1-3H3,(H,43,50)(H,44,47)(H,45,49)/t34-,35-,36-,41+/m0/s1. The zero-order chi connectivity index (χ0) is 36.9. The number of nitrogens with one attached hydrogen (secondary N) is 3. The molecule has 3 N–H and O–H groups in total. The number of Topliss-reactive ketones (excluding diaryl/α,β-unsaturated/α-hetero) is 1. The van der Waals surface area contributed by atoms with E-state index in [-0.39, 0.29) is 42.4 Å². The maximum Gasteiger partial charge on any atom is 0.242 e. The number of pyridine rings is 1. The van der Waals surface area contributed by atoms with Crippen LogP contribution in [0.25, 0.3) is 0 Å². The second-order valence-corrected chi connectivity index (χ2v) is 14.6. The topological polar surface area (TPSA) is 142 Å². The number of epoxide rings is 1. The van der Waals surface area contributed by atoms with Crippen LogP contribution in [0.3, 0.4) is 0 Å². The molecule has 2 aliphatic heterocycles. The third-order valence-electron chi connectivity index (χ3n) is 9.68. The SMILES string of the molecule is CC(C)C[C@H](NC(=O)[C@H](CNC(=O)[C@H](CCc1ccccc1)NC(=O)Cc1ccc(CN2CCOCC2)cc1)Cc1ccncc1)C(=O)[C@@]1(C)CO1. The summed E-state index contributed by atoms with van der Waals surface area (Å²) in [5.74, 6) is -1.61. The maximum atomic E-state index is 13.9. The molecule has 1 aromatic heterocycles. The van der Waals surface area contributed by atoms with E-state index >= 15 is 0 Å². The van der Waals surface area contributed by atoms with Crippen molar-refractivity contribution in [3.8, 4) is 0 Å². The lowest BCUT2D eigenvalue weighted by Gasteiger charge is -2.26. The highest BCUT2D eigenvalue weighted by molar-refractivity contribution is 5.97. The minimum Gasteiger partial charge on any atom is -0.379 e. The minimum atomic E-state index is -0.878. The lowest BCUT2D eigenvalue weighted by atomic mass is 9.92. The molecule has 2 saturated heterocycles. The molecule has 0 aliphatic carbocycles. The van der Waals surface area contributed by atoms with Crippen molar-refractivity contribution in [3.05, 3.63) is 101 Å². The van der Waals surface area contributed by atoms with Crippen molar-refractivity contribution in [2.24, 2.45) is 11.8 Å². The van der Waals surface area contributed by atoms with Gasteiger partial charge in [0.25, 0.3) is 0 Å². The monoisotopic (exact) mass is 711 g/mol. The highest BCUT2D eigenvalue weighted by Crippen LogP contribution is 2.30. The van der Waals surface area contributed by atoms with Crippen LogP contribution in [0.4, 0.5) is 0 Å². The first-order valence-corrected chi connectivity index (χ1v) is 18.4. The lowest BCUT2D eigenvalue weighted by Crippen LogP contribution is -2.52. The molecular formula is C41H53N5O6. The molecule has 3 heterocycles. The molecule has 0 radical (unpaired) electrons. The Balaban J connectivity index is 1.24. The van der Waals surface area contributed by atoms with Crippen LogP contribution in [0, 0.1) is 11.8 Å². The average molecular weight is 712 g/mol. The van der Waals surface area contributed by atoms with Crippen molar-refractivity contribution in [2.75, 3.05) is 39.5 Å². The summed E-state index contributed by atoms with van der Waals surface area (Å²) in [4.78, 5) is 60.8. The number of hydrogen-bond acceptors (Lipinski definition) is 8. The number of hydrogen-bond donors (Lipinski definition) is 3. The molecule has 0 spiro atoms. The van der Waals surface area contributed by atoms with Crippen molar-refractivity contribution in [1.29, 1.82) is 0 Å². The first-order valence-electron chi connectivity index (χ1n) is 18.4. The summed E-state index contributed by atoms with van der Waals surface area (Å²) in [6, 6.07) is 20.0. The van der Waals surface area contributed by atoms with Crippen molar-refractivity contribution >= 4 is 23.5 Å². The summed E-state index contributed by atoms with van der Waals surface area (Å²) in [5.41, 5.74) is 3.08. The number of nitrogens with zero attached hydrogens (tertiary/aromatic N) is 2. The highest BCUT2D eigenvalue weighted by atomic mass is 16.6. The Labute approximate surface area is 307 Å². The van der Waals surface area contributed by atoms with Gasteiger partial charge in [0.1, 0.15) is 11.6 Å². The molecule has 4 atom stereocenters. The normalized spacial score (nSPS) is 18.9. The molecule has 2 fully saturated rings. The van der Waals surface area contributed by atoms with Crippen LogP contribution in [0.5, 0.6) is 0 Å². The van der Waals surface area contributed by atoms with Crippen molar-refractivity contribution in [2.45, 2.75) is 77.1 Å². The van der Waals surface area contributed by atoms with Gasteiger partial charge in [0.15, 0.2) is 5.78 Å². The molecular weight excluding hydrogens is 658 g/mol. The Morgan fingerprint density at radius 1 is 0.827 bits per heavy atom. The molecule has 52 heavy (non-hydrogen) atoms. The van der Waals surface area contributed by atoms with E-state index in [4.69, 9.17) is 9.47 Å². The van der Waals surface area contributed by atoms with Gasteiger partial charge in [0.2, 0.25) is 17.7 Å². The van der Waals surface area contributed by atoms with Crippen LogP contribution in [0.1, 0.15) is 55.9 Å². The van der Waals surface area contributed by atoms with Crippen molar-refractivity contribution in [1.82, 2.24) is 25.8 Å². The Kier molecular flexibility index (Phi) is 14.1. The first-order chi connectivity index (χ1) is 25.1. The Hall–Kier alpha value is -4.45.